The largest absolute Gasteiger partial charge is 0.347 e. The molecule has 2 aromatic rings. The average molecular weight is 360 g/mol. The van der Waals surface area contributed by atoms with Gasteiger partial charge >= 0.3 is 0 Å². The maximum atomic E-state index is 12.2. The summed E-state index contributed by atoms with van der Waals surface area (Å²) in [6.07, 6.45) is 0. The summed E-state index contributed by atoms with van der Waals surface area (Å²) in [4.78, 5) is 14.6. The van der Waals surface area contributed by atoms with Crippen molar-refractivity contribution in [3.05, 3.63) is 48.0 Å². The molecule has 5 heteroatoms. The first-order valence-corrected chi connectivity index (χ1v) is 10.1. The van der Waals surface area contributed by atoms with Crippen LogP contribution in [0.15, 0.2) is 42.5 Å². The van der Waals surface area contributed by atoms with Gasteiger partial charge in [-0.3, -0.25) is 4.79 Å². The Hall–Kier alpha value is -1.56. The number of nitrogens with one attached hydrogen (secondary N) is 1. The number of thioether (sulfide) groups is 1. The van der Waals surface area contributed by atoms with E-state index in [0.29, 0.717) is 12.3 Å². The smallest absolute Gasteiger partial charge is 0.230 e. The number of benzene rings is 2. The molecule has 2 aromatic carbocycles. The Morgan fingerprint density at radius 1 is 1.16 bits per heavy atom. The second-order valence-electron chi connectivity index (χ2n) is 6.04. The van der Waals surface area contributed by atoms with Crippen molar-refractivity contribution >= 4 is 28.4 Å². The molecular weight excluding hydrogens is 330 g/mol. The fourth-order valence-corrected chi connectivity index (χ4v) is 3.64. The van der Waals surface area contributed by atoms with Crippen LogP contribution in [0.4, 0.5) is 0 Å². The normalized spacial score (nSPS) is 12.5. The van der Waals surface area contributed by atoms with Crippen LogP contribution in [0.3, 0.4) is 0 Å². The predicted octanol–water partition coefficient (Wildman–Crippen LogP) is 3.03. The summed E-state index contributed by atoms with van der Waals surface area (Å²) in [5, 5.41) is 5.43. The zero-order valence-corrected chi connectivity index (χ0v) is 16.0. The lowest BCUT2D eigenvalue weighted by atomic mass is 10.0. The van der Waals surface area contributed by atoms with Crippen LogP contribution in [-0.2, 0) is 4.79 Å². The van der Waals surface area contributed by atoms with Gasteiger partial charge in [0.1, 0.15) is 0 Å². The van der Waals surface area contributed by atoms with Crippen molar-refractivity contribution < 1.29 is 4.79 Å². The number of hydrogen-bond donors (Lipinski definition) is 2. The van der Waals surface area contributed by atoms with E-state index in [1.807, 2.05) is 18.2 Å². The molecule has 0 aliphatic rings. The third-order valence-corrected chi connectivity index (χ3v) is 5.36. The van der Waals surface area contributed by atoms with Crippen molar-refractivity contribution in [2.24, 2.45) is 5.73 Å². The zero-order chi connectivity index (χ0) is 18.1. The highest BCUT2D eigenvalue weighted by atomic mass is 32.2. The zero-order valence-electron chi connectivity index (χ0n) is 15.2. The van der Waals surface area contributed by atoms with Crippen LogP contribution in [0.25, 0.3) is 10.8 Å². The predicted molar refractivity (Wildman–Crippen MR) is 109 cm³/mol. The third-order valence-electron chi connectivity index (χ3n) is 4.43. The maximum Gasteiger partial charge on any atom is 0.230 e. The SMILES string of the molecule is CCN(CC)CCSCC(=O)NC(CN)c1ccc2ccccc2c1. The van der Waals surface area contributed by atoms with E-state index < -0.39 is 0 Å². The number of rotatable bonds is 10. The van der Waals surface area contributed by atoms with Crippen LogP contribution in [0.1, 0.15) is 25.5 Å². The first-order chi connectivity index (χ1) is 12.2. The third kappa shape index (κ3) is 6.03. The van der Waals surface area contributed by atoms with E-state index in [1.165, 1.54) is 10.8 Å². The van der Waals surface area contributed by atoms with E-state index in [9.17, 15) is 4.79 Å². The standard InChI is InChI=1S/C20H29N3OS/c1-3-23(4-2)11-12-25-15-20(24)22-19(14-21)18-10-9-16-7-5-6-8-17(16)13-18/h5-10,13,19H,3-4,11-12,14-15,21H2,1-2H3,(H,22,24). The molecule has 1 atom stereocenters. The molecule has 0 bridgehead atoms. The number of fused-ring (bicyclic) bond motifs is 1. The maximum absolute atomic E-state index is 12.2. The van der Waals surface area contributed by atoms with Crippen molar-refractivity contribution in [3.63, 3.8) is 0 Å². The lowest BCUT2D eigenvalue weighted by Gasteiger charge is -2.19. The molecule has 1 unspecified atom stereocenters. The molecule has 0 aliphatic carbocycles. The summed E-state index contributed by atoms with van der Waals surface area (Å²) in [5.74, 6) is 1.50. The summed E-state index contributed by atoms with van der Waals surface area (Å²) < 4.78 is 0. The fraction of sp³-hybridized carbons (Fsp3) is 0.450. The van der Waals surface area contributed by atoms with E-state index in [0.717, 1.165) is 31.0 Å². The Kier molecular flexibility index (Phi) is 8.25. The van der Waals surface area contributed by atoms with Crippen LogP contribution >= 0.6 is 11.8 Å². The second-order valence-corrected chi connectivity index (χ2v) is 7.15. The lowest BCUT2D eigenvalue weighted by molar-refractivity contribution is -0.119. The number of nitrogens with two attached hydrogens (primary N) is 1. The van der Waals surface area contributed by atoms with Crippen LogP contribution in [0.5, 0.6) is 0 Å². The Balaban J connectivity index is 1.86. The van der Waals surface area contributed by atoms with E-state index in [1.54, 1.807) is 11.8 Å². The van der Waals surface area contributed by atoms with Gasteiger partial charge in [0.2, 0.25) is 5.91 Å². The average Bonchev–Trinajstić information content (AvgIpc) is 2.66. The highest BCUT2D eigenvalue weighted by Crippen LogP contribution is 2.20. The van der Waals surface area contributed by atoms with Crippen LogP contribution in [-0.4, -0.2) is 48.5 Å². The molecule has 25 heavy (non-hydrogen) atoms. The molecule has 0 fully saturated rings. The minimum atomic E-state index is -0.138. The van der Waals surface area contributed by atoms with Crippen LogP contribution in [0, 0.1) is 0 Å². The molecule has 0 saturated carbocycles. The van der Waals surface area contributed by atoms with Gasteiger partial charge in [-0.25, -0.2) is 0 Å². The van der Waals surface area contributed by atoms with Gasteiger partial charge in [-0.2, -0.15) is 11.8 Å². The van der Waals surface area contributed by atoms with Crippen LogP contribution < -0.4 is 11.1 Å². The van der Waals surface area contributed by atoms with Gasteiger partial charge in [0.05, 0.1) is 11.8 Å². The minimum Gasteiger partial charge on any atom is -0.347 e. The van der Waals surface area contributed by atoms with Crippen molar-refractivity contribution in [2.75, 3.05) is 37.7 Å². The number of carbonyl (C=O) groups is 1. The molecular formula is C20H29N3OS. The molecule has 0 aliphatic heterocycles. The van der Waals surface area contributed by atoms with Gasteiger partial charge in [-0.15, -0.1) is 0 Å². The Labute approximate surface area is 155 Å². The van der Waals surface area contributed by atoms with Crippen molar-refractivity contribution in [3.8, 4) is 0 Å². The molecule has 2 rings (SSSR count). The number of nitrogens with zero attached hydrogens (tertiary/aromatic N) is 1. The Bertz CT molecular complexity index is 673. The van der Waals surface area contributed by atoms with E-state index >= 15 is 0 Å². The van der Waals surface area contributed by atoms with Gasteiger partial charge in [-0.1, -0.05) is 50.2 Å². The molecule has 3 N–H and O–H groups in total. The minimum absolute atomic E-state index is 0.0492. The summed E-state index contributed by atoms with van der Waals surface area (Å²) in [6, 6.07) is 14.3. The molecule has 0 heterocycles. The van der Waals surface area contributed by atoms with Gasteiger partial charge in [0, 0.05) is 18.8 Å². The highest BCUT2D eigenvalue weighted by molar-refractivity contribution is 7.99. The van der Waals surface area contributed by atoms with Gasteiger partial charge in [-0.05, 0) is 35.5 Å². The van der Waals surface area contributed by atoms with Crippen molar-refractivity contribution in [1.29, 1.82) is 0 Å². The highest BCUT2D eigenvalue weighted by Gasteiger charge is 2.13. The van der Waals surface area contributed by atoms with Crippen molar-refractivity contribution in [1.82, 2.24) is 10.2 Å². The van der Waals surface area contributed by atoms with Crippen LogP contribution in [0.2, 0.25) is 0 Å². The molecule has 1 amide bonds. The molecule has 4 nitrogen and oxygen atoms in total. The van der Waals surface area contributed by atoms with E-state index in [-0.39, 0.29) is 11.9 Å². The fourth-order valence-electron chi connectivity index (χ4n) is 2.84. The first-order valence-electron chi connectivity index (χ1n) is 8.96. The summed E-state index contributed by atoms with van der Waals surface area (Å²) in [5.41, 5.74) is 6.96. The molecule has 0 spiro atoms. The van der Waals surface area contributed by atoms with E-state index in [2.05, 4.69) is 48.3 Å². The van der Waals surface area contributed by atoms with Gasteiger partial charge < -0.3 is 16.0 Å². The number of hydrogen-bond acceptors (Lipinski definition) is 4. The summed E-state index contributed by atoms with van der Waals surface area (Å²) >= 11 is 1.68. The number of amides is 1. The topological polar surface area (TPSA) is 58.4 Å². The summed E-state index contributed by atoms with van der Waals surface area (Å²) in [6.45, 7) is 7.86. The van der Waals surface area contributed by atoms with E-state index in [4.69, 9.17) is 5.73 Å². The lowest BCUT2D eigenvalue weighted by Crippen LogP contribution is -2.34. The molecule has 136 valence electrons. The molecule has 0 aromatic heterocycles. The molecule has 0 saturated heterocycles. The van der Waals surface area contributed by atoms with Gasteiger partial charge in [0.25, 0.3) is 0 Å². The van der Waals surface area contributed by atoms with Gasteiger partial charge in [0.15, 0.2) is 0 Å². The quantitative estimate of drug-likeness (QED) is 0.640. The Morgan fingerprint density at radius 2 is 1.88 bits per heavy atom. The first kappa shape index (κ1) is 19.8. The van der Waals surface area contributed by atoms with Crippen molar-refractivity contribution in [2.45, 2.75) is 19.9 Å². The Morgan fingerprint density at radius 3 is 2.56 bits per heavy atom. The second kappa shape index (κ2) is 10.4. The summed E-state index contributed by atoms with van der Waals surface area (Å²) in [7, 11) is 0. The molecule has 0 radical (unpaired) electrons. The number of carbonyl (C=O) groups excluding carboxylic acids is 1. The monoisotopic (exact) mass is 359 g/mol.